The van der Waals surface area contributed by atoms with Gasteiger partial charge < -0.3 is 16.4 Å². The molecule has 0 bridgehead atoms. The van der Waals surface area contributed by atoms with Crippen LogP contribution in [0.2, 0.25) is 0 Å². The average molecular weight is 406 g/mol. The van der Waals surface area contributed by atoms with Crippen LogP contribution in [0.3, 0.4) is 0 Å². The molecule has 0 amide bonds. The van der Waals surface area contributed by atoms with Crippen molar-refractivity contribution in [1.29, 1.82) is 0 Å². The van der Waals surface area contributed by atoms with E-state index in [1.807, 2.05) is 24.0 Å². The molecule has 4 rings (SSSR count). The Balaban J connectivity index is 1.68. The van der Waals surface area contributed by atoms with Gasteiger partial charge in [0.15, 0.2) is 0 Å². The Morgan fingerprint density at radius 1 is 1.11 bits per heavy atom. The van der Waals surface area contributed by atoms with Gasteiger partial charge in [-0.15, -0.1) is 0 Å². The molecule has 0 fully saturated rings. The molecule has 4 N–H and O–H groups in total. The summed E-state index contributed by atoms with van der Waals surface area (Å²) >= 11 is 1.36. The van der Waals surface area contributed by atoms with Crippen molar-refractivity contribution in [1.82, 2.24) is 4.98 Å². The number of aliphatic imine (C=N–C) groups is 1. The van der Waals surface area contributed by atoms with Crippen LogP contribution >= 0.6 is 11.8 Å². The maximum absolute atomic E-state index is 12.8. The van der Waals surface area contributed by atoms with Crippen molar-refractivity contribution in [2.45, 2.75) is 24.8 Å². The van der Waals surface area contributed by atoms with E-state index < -0.39 is 23.4 Å². The Bertz CT molecular complexity index is 957. The normalized spacial score (nSPS) is 22.1. The summed E-state index contributed by atoms with van der Waals surface area (Å²) in [4.78, 5) is 12.3. The smallest absolute Gasteiger partial charge is 0.311 e. The molecule has 2 aromatic rings. The van der Waals surface area contributed by atoms with E-state index in [9.17, 15) is 13.2 Å². The highest BCUT2D eigenvalue weighted by atomic mass is 32.2. The molecule has 0 radical (unpaired) electrons. The third-order valence-corrected chi connectivity index (χ3v) is 5.54. The molecule has 0 saturated carbocycles. The Labute approximate surface area is 163 Å². The van der Waals surface area contributed by atoms with Crippen LogP contribution in [0.5, 0.6) is 0 Å². The summed E-state index contributed by atoms with van der Waals surface area (Å²) in [5, 5.41) is 0.674. The molecule has 146 valence electrons. The van der Waals surface area contributed by atoms with E-state index in [2.05, 4.69) is 9.98 Å². The van der Waals surface area contributed by atoms with Gasteiger partial charge in [-0.3, -0.25) is 4.90 Å². The van der Waals surface area contributed by atoms with Gasteiger partial charge in [0, 0.05) is 11.9 Å². The quantitative estimate of drug-likeness (QED) is 0.797. The lowest BCUT2D eigenvalue weighted by Crippen LogP contribution is -2.51. The monoisotopic (exact) mass is 406 g/mol. The number of aryl methyl sites for hydroxylation is 1. The zero-order valence-corrected chi connectivity index (χ0v) is 15.6. The summed E-state index contributed by atoms with van der Waals surface area (Å²) in [5.41, 5.74) is 13.7. The lowest BCUT2D eigenvalue weighted by Gasteiger charge is -2.35. The van der Waals surface area contributed by atoms with E-state index >= 15 is 0 Å². The number of nitrogens with zero attached hydrogens (tertiary/aromatic N) is 4. The van der Waals surface area contributed by atoms with Crippen LogP contribution in [0.1, 0.15) is 11.1 Å². The number of alkyl halides is 3. The van der Waals surface area contributed by atoms with E-state index in [0.29, 0.717) is 22.2 Å². The Hall–Kier alpha value is -2.56. The number of anilines is 2. The van der Waals surface area contributed by atoms with Gasteiger partial charge in [0.25, 0.3) is 0 Å². The second-order valence-corrected chi connectivity index (χ2v) is 7.46. The van der Waals surface area contributed by atoms with Crippen molar-refractivity contribution in [2.24, 2.45) is 16.5 Å². The fourth-order valence-electron chi connectivity index (χ4n) is 3.17. The number of hydrogen-bond donors (Lipinski definition) is 2. The molecule has 2 aliphatic heterocycles. The van der Waals surface area contributed by atoms with Crippen molar-refractivity contribution in [3.8, 4) is 0 Å². The number of thioether (sulfide) groups is 1. The number of halogens is 3. The summed E-state index contributed by atoms with van der Waals surface area (Å²) in [5.74, 6) is 0.674. The summed E-state index contributed by atoms with van der Waals surface area (Å²) in [6.45, 7) is 1.92. The molecule has 0 saturated heterocycles. The molecule has 0 aliphatic carbocycles. The van der Waals surface area contributed by atoms with Gasteiger partial charge in [-0.25, -0.2) is 9.98 Å². The van der Waals surface area contributed by atoms with Crippen LogP contribution in [0.15, 0.2) is 58.3 Å². The van der Waals surface area contributed by atoms with E-state index in [4.69, 9.17) is 11.5 Å². The molecule has 0 spiro atoms. The maximum Gasteiger partial charge on any atom is 0.416 e. The summed E-state index contributed by atoms with van der Waals surface area (Å²) < 4.78 is 38.5. The first-order chi connectivity index (χ1) is 13.3. The number of pyridine rings is 1. The molecule has 1 aromatic heterocycles. The largest absolute Gasteiger partial charge is 0.416 e. The second kappa shape index (κ2) is 6.80. The summed E-state index contributed by atoms with van der Waals surface area (Å²) in [6, 6.07) is 8.54. The number of nitrogens with two attached hydrogens (primary N) is 2. The van der Waals surface area contributed by atoms with Crippen LogP contribution in [0.4, 0.5) is 24.7 Å². The predicted octanol–water partition coefficient (Wildman–Crippen LogP) is 3.21. The van der Waals surface area contributed by atoms with Crippen LogP contribution in [0, 0.1) is 6.92 Å². The van der Waals surface area contributed by atoms with E-state index in [-0.39, 0.29) is 0 Å². The highest BCUT2D eigenvalue weighted by molar-refractivity contribution is 8.04. The van der Waals surface area contributed by atoms with Crippen LogP contribution in [-0.2, 0) is 6.18 Å². The van der Waals surface area contributed by atoms with Crippen LogP contribution < -0.4 is 21.3 Å². The standard InChI is InChI=1S/C18H17F3N6S/c1-10-3-2-8-24-15(10)27-13-14(22)26(9-25-16(13)28-17(27)23)12-6-4-11(5-7-12)18(19,20)21/h2-9,14,17H,22-23H2,1H3. The minimum atomic E-state index is -4.39. The van der Waals surface area contributed by atoms with Gasteiger partial charge in [0.05, 0.1) is 17.6 Å². The zero-order valence-electron chi connectivity index (χ0n) is 14.8. The van der Waals surface area contributed by atoms with E-state index in [1.54, 1.807) is 11.1 Å². The van der Waals surface area contributed by atoms with Crippen LogP contribution in [0.25, 0.3) is 0 Å². The molecular weight excluding hydrogens is 389 g/mol. The SMILES string of the molecule is Cc1cccnc1N1C2=C(N=CN(c3ccc(C(F)(F)F)cc3)C2N)SC1N. The Morgan fingerprint density at radius 2 is 1.82 bits per heavy atom. The summed E-state index contributed by atoms with van der Waals surface area (Å²) in [6.07, 6.45) is -1.88. The van der Waals surface area contributed by atoms with E-state index in [0.717, 1.165) is 17.7 Å². The first-order valence-electron chi connectivity index (χ1n) is 8.40. The lowest BCUT2D eigenvalue weighted by atomic mass is 10.1. The molecule has 28 heavy (non-hydrogen) atoms. The minimum Gasteiger partial charge on any atom is -0.311 e. The molecule has 2 aliphatic rings. The van der Waals surface area contributed by atoms with Crippen molar-refractivity contribution in [3.05, 3.63) is 64.4 Å². The van der Waals surface area contributed by atoms with Crippen molar-refractivity contribution in [2.75, 3.05) is 9.80 Å². The minimum absolute atomic E-state index is 0.450. The number of benzene rings is 1. The van der Waals surface area contributed by atoms with Gasteiger partial charge in [0.1, 0.15) is 22.5 Å². The first kappa shape index (κ1) is 18.8. The zero-order chi connectivity index (χ0) is 20.1. The highest BCUT2D eigenvalue weighted by Crippen LogP contribution is 2.43. The Kier molecular flexibility index (Phi) is 4.56. The molecule has 1 aromatic carbocycles. The third-order valence-electron chi connectivity index (χ3n) is 4.55. The highest BCUT2D eigenvalue weighted by Gasteiger charge is 2.40. The van der Waals surface area contributed by atoms with Gasteiger partial charge in [-0.1, -0.05) is 17.8 Å². The van der Waals surface area contributed by atoms with Crippen molar-refractivity contribution >= 4 is 29.6 Å². The van der Waals surface area contributed by atoms with Crippen molar-refractivity contribution < 1.29 is 13.2 Å². The van der Waals surface area contributed by atoms with Gasteiger partial charge in [0.2, 0.25) is 0 Å². The average Bonchev–Trinajstić information content (AvgIpc) is 2.99. The fraction of sp³-hybridized carbons (Fsp3) is 0.222. The molecule has 10 heteroatoms. The van der Waals surface area contributed by atoms with Gasteiger partial charge >= 0.3 is 6.18 Å². The van der Waals surface area contributed by atoms with Gasteiger partial charge in [-0.2, -0.15) is 13.2 Å². The fourth-order valence-corrected chi connectivity index (χ4v) is 4.16. The number of rotatable bonds is 2. The molecular formula is C18H17F3N6S. The number of aromatic nitrogens is 1. The Morgan fingerprint density at radius 3 is 2.46 bits per heavy atom. The van der Waals surface area contributed by atoms with Gasteiger partial charge in [-0.05, 0) is 42.8 Å². The third kappa shape index (κ3) is 3.13. The summed E-state index contributed by atoms with van der Waals surface area (Å²) in [7, 11) is 0. The van der Waals surface area contributed by atoms with Crippen molar-refractivity contribution in [3.63, 3.8) is 0 Å². The maximum atomic E-state index is 12.8. The first-order valence-corrected chi connectivity index (χ1v) is 9.28. The molecule has 2 unspecified atom stereocenters. The molecule has 3 heterocycles. The van der Waals surface area contributed by atoms with E-state index in [1.165, 1.54) is 30.2 Å². The topological polar surface area (TPSA) is 83.8 Å². The number of hydrogen-bond acceptors (Lipinski definition) is 7. The predicted molar refractivity (Wildman–Crippen MR) is 104 cm³/mol. The molecule has 6 nitrogen and oxygen atoms in total. The lowest BCUT2D eigenvalue weighted by molar-refractivity contribution is -0.137. The molecule has 2 atom stereocenters. The van der Waals surface area contributed by atoms with Crippen LogP contribution in [-0.4, -0.2) is 23.0 Å². The second-order valence-electron chi connectivity index (χ2n) is 6.35.